The predicted molar refractivity (Wildman–Crippen MR) is 120 cm³/mol. The highest BCUT2D eigenvalue weighted by molar-refractivity contribution is 7.14. The molecule has 2 aromatic carbocycles. The Labute approximate surface area is 184 Å². The number of rotatable bonds is 10. The maximum Gasteiger partial charge on any atom is 0.303 e. The number of nitrogens with zero attached hydrogens (tertiary/aromatic N) is 2. The Balaban J connectivity index is 1.81. The molecule has 0 aliphatic rings. The highest BCUT2D eigenvalue weighted by Crippen LogP contribution is 2.30. The van der Waals surface area contributed by atoms with E-state index in [4.69, 9.17) is 14.6 Å². The lowest BCUT2D eigenvalue weighted by atomic mass is 10.1. The predicted octanol–water partition coefficient (Wildman–Crippen LogP) is 4.27. The second-order valence-electron chi connectivity index (χ2n) is 6.76. The van der Waals surface area contributed by atoms with Gasteiger partial charge in [0.05, 0.1) is 26.3 Å². The number of thiazole rings is 1. The van der Waals surface area contributed by atoms with Crippen LogP contribution in [0.4, 0.5) is 5.13 Å². The lowest BCUT2D eigenvalue weighted by molar-refractivity contribution is -0.138. The molecule has 31 heavy (non-hydrogen) atoms. The van der Waals surface area contributed by atoms with Crippen molar-refractivity contribution in [2.75, 3.05) is 25.7 Å². The Hall–Kier alpha value is -3.39. The molecule has 0 bridgehead atoms. The van der Waals surface area contributed by atoms with Crippen molar-refractivity contribution in [3.05, 3.63) is 59.5 Å². The molecule has 0 spiro atoms. The first-order chi connectivity index (χ1) is 15.0. The van der Waals surface area contributed by atoms with Gasteiger partial charge in [0.15, 0.2) is 16.6 Å². The van der Waals surface area contributed by atoms with Crippen molar-refractivity contribution in [2.24, 2.45) is 0 Å². The quantitative estimate of drug-likeness (QED) is 0.507. The zero-order valence-corrected chi connectivity index (χ0v) is 18.2. The first-order valence-electron chi connectivity index (χ1n) is 9.76. The van der Waals surface area contributed by atoms with Crippen LogP contribution in [0.1, 0.15) is 18.4 Å². The summed E-state index contributed by atoms with van der Waals surface area (Å²) in [6.07, 6.45) is 0.254. The number of carboxylic acids is 1. The van der Waals surface area contributed by atoms with Gasteiger partial charge in [-0.2, -0.15) is 0 Å². The summed E-state index contributed by atoms with van der Waals surface area (Å²) in [6.45, 7) is 0.371. The van der Waals surface area contributed by atoms with Gasteiger partial charge in [-0.3, -0.25) is 14.5 Å². The van der Waals surface area contributed by atoms with Crippen LogP contribution in [0.2, 0.25) is 0 Å². The molecule has 0 radical (unpaired) electrons. The second kappa shape index (κ2) is 10.6. The van der Waals surface area contributed by atoms with Crippen LogP contribution in [0.5, 0.6) is 11.5 Å². The first-order valence-corrected chi connectivity index (χ1v) is 10.6. The van der Waals surface area contributed by atoms with E-state index >= 15 is 0 Å². The molecule has 3 rings (SSSR count). The summed E-state index contributed by atoms with van der Waals surface area (Å²) in [5.74, 6) is -0.0217. The van der Waals surface area contributed by atoms with E-state index in [0.717, 1.165) is 16.8 Å². The number of aromatic nitrogens is 1. The number of carbonyl (C=O) groups excluding carboxylic acids is 1. The second-order valence-corrected chi connectivity index (χ2v) is 7.60. The number of aliphatic carboxylic acids is 1. The molecule has 162 valence electrons. The van der Waals surface area contributed by atoms with Crippen LogP contribution in [-0.2, 0) is 16.0 Å². The van der Waals surface area contributed by atoms with Crippen molar-refractivity contribution < 1.29 is 24.2 Å². The van der Waals surface area contributed by atoms with Crippen LogP contribution in [0, 0.1) is 0 Å². The smallest absolute Gasteiger partial charge is 0.303 e. The van der Waals surface area contributed by atoms with E-state index < -0.39 is 5.97 Å². The van der Waals surface area contributed by atoms with Gasteiger partial charge >= 0.3 is 5.97 Å². The lowest BCUT2D eigenvalue weighted by Crippen LogP contribution is -2.33. The number of carbonyl (C=O) groups is 2. The third kappa shape index (κ3) is 5.82. The monoisotopic (exact) mass is 440 g/mol. The zero-order valence-electron chi connectivity index (χ0n) is 17.4. The topological polar surface area (TPSA) is 89.0 Å². The highest BCUT2D eigenvalue weighted by Gasteiger charge is 2.20. The summed E-state index contributed by atoms with van der Waals surface area (Å²) in [7, 11) is 3.15. The minimum absolute atomic E-state index is 0.0818. The number of ether oxygens (including phenoxy) is 2. The molecule has 3 aromatic rings. The van der Waals surface area contributed by atoms with Gasteiger partial charge in [-0.15, -0.1) is 11.3 Å². The average Bonchev–Trinajstić information content (AvgIpc) is 3.28. The molecule has 7 nitrogen and oxygen atoms in total. The van der Waals surface area contributed by atoms with Crippen molar-refractivity contribution >= 4 is 28.3 Å². The minimum Gasteiger partial charge on any atom is -0.493 e. The van der Waals surface area contributed by atoms with Crippen LogP contribution < -0.4 is 14.4 Å². The number of hydrogen-bond acceptors (Lipinski definition) is 6. The maximum absolute atomic E-state index is 12.8. The number of carboxylic acid groups (broad SMARTS) is 1. The molecule has 0 aliphatic carbocycles. The summed E-state index contributed by atoms with van der Waals surface area (Å²) in [6, 6.07) is 15.3. The minimum atomic E-state index is -1.00. The molecule has 1 aromatic heterocycles. The fourth-order valence-corrected chi connectivity index (χ4v) is 3.96. The van der Waals surface area contributed by atoms with E-state index in [1.54, 1.807) is 19.1 Å². The highest BCUT2D eigenvalue weighted by atomic mass is 32.1. The summed E-state index contributed by atoms with van der Waals surface area (Å²) < 4.78 is 10.6. The normalized spacial score (nSPS) is 10.5. The molecule has 0 unspecified atom stereocenters. The molecule has 1 heterocycles. The van der Waals surface area contributed by atoms with Gasteiger partial charge in [0, 0.05) is 23.9 Å². The van der Waals surface area contributed by atoms with Gasteiger partial charge in [-0.25, -0.2) is 4.98 Å². The van der Waals surface area contributed by atoms with Crippen LogP contribution >= 0.6 is 11.3 Å². The molecule has 8 heteroatoms. The van der Waals surface area contributed by atoms with E-state index in [2.05, 4.69) is 4.98 Å². The number of benzene rings is 2. The van der Waals surface area contributed by atoms with Crippen LogP contribution in [0.25, 0.3) is 11.3 Å². The SMILES string of the molecule is COc1ccc(CCN(C(=O)CCC(=O)O)c2nc(-c3ccccc3)cs2)cc1OC. The average molecular weight is 441 g/mol. The van der Waals surface area contributed by atoms with Crippen molar-refractivity contribution in [3.8, 4) is 22.8 Å². The van der Waals surface area contributed by atoms with Gasteiger partial charge in [0.2, 0.25) is 5.91 Å². The fourth-order valence-electron chi connectivity index (χ4n) is 3.08. The molecule has 0 saturated carbocycles. The van der Waals surface area contributed by atoms with Gasteiger partial charge in [-0.05, 0) is 24.1 Å². The number of methoxy groups -OCH3 is 2. The number of anilines is 1. The molecule has 0 fully saturated rings. The van der Waals surface area contributed by atoms with Crippen LogP contribution in [0.3, 0.4) is 0 Å². The summed E-state index contributed by atoms with van der Waals surface area (Å²) in [5.41, 5.74) is 2.71. The lowest BCUT2D eigenvalue weighted by Gasteiger charge is -2.20. The number of amides is 1. The van der Waals surface area contributed by atoms with Gasteiger partial charge in [-0.1, -0.05) is 36.4 Å². The van der Waals surface area contributed by atoms with E-state index in [0.29, 0.717) is 29.6 Å². The number of hydrogen-bond donors (Lipinski definition) is 1. The maximum atomic E-state index is 12.8. The first kappa shape index (κ1) is 22.3. The van der Waals surface area contributed by atoms with Gasteiger partial charge < -0.3 is 14.6 Å². The Kier molecular flexibility index (Phi) is 7.61. The standard InChI is InChI=1S/C23H24N2O5S/c1-29-19-9-8-16(14-20(19)30-2)12-13-25(21(26)10-11-22(27)28)23-24-18(15-31-23)17-6-4-3-5-7-17/h3-9,14-15H,10-13H2,1-2H3,(H,27,28). The third-order valence-electron chi connectivity index (χ3n) is 4.72. The van der Waals surface area contributed by atoms with Gasteiger partial charge in [0.25, 0.3) is 0 Å². The molecule has 0 atom stereocenters. The molecular formula is C23H24N2O5S. The van der Waals surface area contributed by atoms with Crippen molar-refractivity contribution in [1.29, 1.82) is 0 Å². The largest absolute Gasteiger partial charge is 0.493 e. The molecule has 0 aliphatic heterocycles. The van der Waals surface area contributed by atoms with E-state index in [9.17, 15) is 9.59 Å². The Morgan fingerprint density at radius 1 is 1.03 bits per heavy atom. The summed E-state index contributed by atoms with van der Waals surface area (Å²) in [4.78, 5) is 30.0. The van der Waals surface area contributed by atoms with Crippen LogP contribution in [0.15, 0.2) is 53.9 Å². The fraction of sp³-hybridized carbons (Fsp3) is 0.261. The van der Waals surface area contributed by atoms with Gasteiger partial charge in [0.1, 0.15) is 0 Å². The van der Waals surface area contributed by atoms with E-state index in [1.807, 2.05) is 53.9 Å². The molecule has 1 amide bonds. The summed E-state index contributed by atoms with van der Waals surface area (Å²) >= 11 is 1.37. The Morgan fingerprint density at radius 3 is 2.45 bits per heavy atom. The zero-order chi connectivity index (χ0) is 22.2. The van der Waals surface area contributed by atoms with E-state index in [1.165, 1.54) is 11.3 Å². The molecule has 1 N–H and O–H groups in total. The van der Waals surface area contributed by atoms with Crippen molar-refractivity contribution in [3.63, 3.8) is 0 Å². The van der Waals surface area contributed by atoms with E-state index in [-0.39, 0.29) is 18.7 Å². The Bertz CT molecular complexity index is 1040. The van der Waals surface area contributed by atoms with Crippen molar-refractivity contribution in [1.82, 2.24) is 4.98 Å². The third-order valence-corrected chi connectivity index (χ3v) is 5.58. The Morgan fingerprint density at radius 2 is 1.77 bits per heavy atom. The molecular weight excluding hydrogens is 416 g/mol. The molecule has 0 saturated heterocycles. The van der Waals surface area contributed by atoms with Crippen molar-refractivity contribution in [2.45, 2.75) is 19.3 Å². The van der Waals surface area contributed by atoms with Crippen LogP contribution in [-0.4, -0.2) is 42.7 Å². The summed E-state index contributed by atoms with van der Waals surface area (Å²) in [5, 5.41) is 11.4.